The maximum absolute atomic E-state index is 11.7. The summed E-state index contributed by atoms with van der Waals surface area (Å²) in [7, 11) is 0. The molecule has 1 heterocycles. The Balaban J connectivity index is 1.96. The fraction of sp³-hybridized carbons (Fsp3) is 0.250. The lowest BCUT2D eigenvalue weighted by atomic mass is 10.2. The van der Waals surface area contributed by atoms with E-state index >= 15 is 0 Å². The molecule has 0 unspecified atom stereocenters. The number of carbonyl (C=O) groups excluding carboxylic acids is 1. The monoisotopic (exact) mass is 264 g/mol. The van der Waals surface area contributed by atoms with Crippen molar-refractivity contribution < 1.29 is 4.79 Å². The van der Waals surface area contributed by atoms with Gasteiger partial charge < -0.3 is 5.32 Å². The lowest BCUT2D eigenvalue weighted by Crippen LogP contribution is -2.24. The maximum atomic E-state index is 11.7. The Hall–Kier alpha value is -1.88. The van der Waals surface area contributed by atoms with Crippen LogP contribution < -0.4 is 5.32 Å². The zero-order valence-electron chi connectivity index (χ0n) is 9.90. The summed E-state index contributed by atoms with van der Waals surface area (Å²) in [5.74, 6) is 0.558. The minimum atomic E-state index is -0.300. The summed E-state index contributed by atoms with van der Waals surface area (Å²) in [6, 6.07) is 7.32. The molecule has 1 aromatic carbocycles. The molecule has 0 saturated carbocycles. The minimum absolute atomic E-state index is 0.161. The smallest absolute Gasteiger partial charge is 0.291 e. The predicted molar refractivity (Wildman–Crippen MR) is 68.4 cm³/mol. The molecular weight excluding hydrogens is 252 g/mol. The quantitative estimate of drug-likeness (QED) is 0.887. The van der Waals surface area contributed by atoms with Crippen LogP contribution in [0.3, 0.4) is 0 Å². The van der Waals surface area contributed by atoms with Crippen LogP contribution in [0.1, 0.15) is 28.9 Å². The maximum Gasteiger partial charge on any atom is 0.291 e. The summed E-state index contributed by atoms with van der Waals surface area (Å²) in [6.07, 6.45) is 0.717. The summed E-state index contributed by atoms with van der Waals surface area (Å²) in [5.41, 5.74) is 0.933. The molecule has 18 heavy (non-hydrogen) atoms. The van der Waals surface area contributed by atoms with E-state index in [1.54, 1.807) is 12.1 Å². The van der Waals surface area contributed by atoms with Gasteiger partial charge in [-0.25, -0.2) is 4.98 Å². The molecule has 2 aromatic rings. The Morgan fingerprint density at radius 2 is 2.33 bits per heavy atom. The number of aryl methyl sites for hydroxylation is 1. The fourth-order valence-electron chi connectivity index (χ4n) is 1.46. The van der Waals surface area contributed by atoms with E-state index in [2.05, 4.69) is 20.5 Å². The number of hydrogen-bond acceptors (Lipinski definition) is 3. The highest BCUT2D eigenvalue weighted by Crippen LogP contribution is 2.10. The van der Waals surface area contributed by atoms with Crippen LogP contribution in [0.4, 0.5) is 0 Å². The molecule has 1 aromatic heterocycles. The molecular formula is C12H13ClN4O. The average molecular weight is 265 g/mol. The number of aromatic amines is 1. The van der Waals surface area contributed by atoms with E-state index in [1.165, 1.54) is 0 Å². The van der Waals surface area contributed by atoms with Crippen molar-refractivity contribution in [2.75, 3.05) is 0 Å². The zero-order chi connectivity index (χ0) is 13.0. The van der Waals surface area contributed by atoms with Crippen LogP contribution in [0.2, 0.25) is 5.02 Å². The lowest BCUT2D eigenvalue weighted by Gasteiger charge is -2.02. The van der Waals surface area contributed by atoms with Crippen molar-refractivity contribution in [2.24, 2.45) is 0 Å². The number of nitrogens with zero attached hydrogens (tertiary/aromatic N) is 2. The Morgan fingerprint density at radius 3 is 3.00 bits per heavy atom. The van der Waals surface area contributed by atoms with Crippen molar-refractivity contribution in [3.8, 4) is 0 Å². The van der Waals surface area contributed by atoms with Gasteiger partial charge >= 0.3 is 0 Å². The second-order valence-electron chi connectivity index (χ2n) is 3.77. The number of nitrogens with one attached hydrogen (secondary N) is 2. The van der Waals surface area contributed by atoms with Gasteiger partial charge in [0.1, 0.15) is 5.82 Å². The third-order valence-electron chi connectivity index (χ3n) is 2.41. The van der Waals surface area contributed by atoms with Crippen LogP contribution in [-0.2, 0) is 13.0 Å². The van der Waals surface area contributed by atoms with Gasteiger partial charge in [0.05, 0.1) is 0 Å². The van der Waals surface area contributed by atoms with Crippen molar-refractivity contribution in [2.45, 2.75) is 19.9 Å². The Kier molecular flexibility index (Phi) is 3.94. The number of rotatable bonds is 4. The van der Waals surface area contributed by atoms with Gasteiger partial charge in [-0.3, -0.25) is 9.89 Å². The molecule has 5 nitrogen and oxygen atoms in total. The molecule has 2 N–H and O–H groups in total. The number of carbonyl (C=O) groups is 1. The van der Waals surface area contributed by atoms with E-state index in [1.807, 2.05) is 19.1 Å². The number of amides is 1. The summed E-state index contributed by atoms with van der Waals surface area (Å²) in [4.78, 5) is 15.8. The summed E-state index contributed by atoms with van der Waals surface area (Å²) < 4.78 is 0. The van der Waals surface area contributed by atoms with Gasteiger partial charge in [-0.2, -0.15) is 0 Å². The first-order valence-corrected chi connectivity index (χ1v) is 6.00. The van der Waals surface area contributed by atoms with E-state index < -0.39 is 0 Å². The SMILES string of the molecule is CCc1nc(C(=O)NCc2cccc(Cl)c2)n[nH]1. The van der Waals surface area contributed by atoms with Crippen LogP contribution >= 0.6 is 11.6 Å². The van der Waals surface area contributed by atoms with Gasteiger partial charge in [-0.1, -0.05) is 30.7 Å². The van der Waals surface area contributed by atoms with Gasteiger partial charge in [0, 0.05) is 18.0 Å². The molecule has 0 atom stereocenters. The van der Waals surface area contributed by atoms with Crippen molar-refractivity contribution >= 4 is 17.5 Å². The topological polar surface area (TPSA) is 70.7 Å². The van der Waals surface area contributed by atoms with Crippen molar-refractivity contribution in [3.63, 3.8) is 0 Å². The highest BCUT2D eigenvalue weighted by atomic mass is 35.5. The summed E-state index contributed by atoms with van der Waals surface area (Å²) in [5, 5.41) is 9.93. The van der Waals surface area contributed by atoms with E-state index in [4.69, 9.17) is 11.6 Å². The molecule has 94 valence electrons. The van der Waals surface area contributed by atoms with Crippen LogP contribution in [-0.4, -0.2) is 21.1 Å². The first-order chi connectivity index (χ1) is 8.69. The van der Waals surface area contributed by atoms with Gasteiger partial charge in [0.15, 0.2) is 0 Å². The molecule has 0 aliphatic heterocycles. The van der Waals surface area contributed by atoms with Gasteiger partial charge in [0.2, 0.25) is 5.82 Å². The second kappa shape index (κ2) is 5.64. The number of H-pyrrole nitrogens is 1. The van der Waals surface area contributed by atoms with Crippen molar-refractivity contribution in [3.05, 3.63) is 46.5 Å². The van der Waals surface area contributed by atoms with E-state index in [9.17, 15) is 4.79 Å². The first-order valence-electron chi connectivity index (χ1n) is 5.63. The number of benzene rings is 1. The standard InChI is InChI=1S/C12H13ClN4O/c1-2-10-15-11(17-16-10)12(18)14-7-8-4-3-5-9(13)6-8/h3-6H,2,7H2,1H3,(H,14,18)(H,15,16,17). The van der Waals surface area contributed by atoms with E-state index in [-0.39, 0.29) is 11.7 Å². The molecule has 0 bridgehead atoms. The molecule has 0 aliphatic carbocycles. The molecule has 2 rings (SSSR count). The number of aromatic nitrogens is 3. The first kappa shape index (κ1) is 12.6. The summed E-state index contributed by atoms with van der Waals surface area (Å²) >= 11 is 5.86. The van der Waals surface area contributed by atoms with Crippen LogP contribution in [0.15, 0.2) is 24.3 Å². The predicted octanol–water partition coefficient (Wildman–Crippen LogP) is 1.95. The van der Waals surface area contributed by atoms with Gasteiger partial charge in [0.25, 0.3) is 5.91 Å². The van der Waals surface area contributed by atoms with Crippen molar-refractivity contribution in [1.82, 2.24) is 20.5 Å². The Labute approximate surface area is 110 Å². The molecule has 0 radical (unpaired) electrons. The Morgan fingerprint density at radius 1 is 1.50 bits per heavy atom. The zero-order valence-corrected chi connectivity index (χ0v) is 10.7. The molecule has 6 heteroatoms. The fourth-order valence-corrected chi connectivity index (χ4v) is 1.68. The third kappa shape index (κ3) is 3.07. The summed E-state index contributed by atoms with van der Waals surface area (Å²) in [6.45, 7) is 2.34. The van der Waals surface area contributed by atoms with Crippen LogP contribution in [0, 0.1) is 0 Å². The molecule has 0 spiro atoms. The average Bonchev–Trinajstić information content (AvgIpc) is 2.85. The van der Waals surface area contributed by atoms with Crippen LogP contribution in [0.5, 0.6) is 0 Å². The van der Waals surface area contributed by atoms with E-state index in [0.29, 0.717) is 23.8 Å². The van der Waals surface area contributed by atoms with Crippen LogP contribution in [0.25, 0.3) is 0 Å². The lowest BCUT2D eigenvalue weighted by molar-refractivity contribution is 0.0941. The van der Waals surface area contributed by atoms with Crippen molar-refractivity contribution in [1.29, 1.82) is 0 Å². The third-order valence-corrected chi connectivity index (χ3v) is 2.65. The number of hydrogen-bond donors (Lipinski definition) is 2. The Bertz CT molecular complexity index is 553. The van der Waals surface area contributed by atoms with Gasteiger partial charge in [-0.05, 0) is 17.7 Å². The van der Waals surface area contributed by atoms with Gasteiger partial charge in [-0.15, -0.1) is 5.10 Å². The minimum Gasteiger partial charge on any atom is -0.345 e. The molecule has 0 fully saturated rings. The second-order valence-corrected chi connectivity index (χ2v) is 4.21. The normalized spacial score (nSPS) is 10.3. The highest BCUT2D eigenvalue weighted by Gasteiger charge is 2.11. The highest BCUT2D eigenvalue weighted by molar-refractivity contribution is 6.30. The molecule has 0 aliphatic rings. The molecule has 1 amide bonds. The molecule has 0 saturated heterocycles. The largest absolute Gasteiger partial charge is 0.345 e. The number of halogens is 1. The van der Waals surface area contributed by atoms with E-state index in [0.717, 1.165) is 5.56 Å².